The number of likely N-dealkylation sites (tertiary alicyclic amines) is 1. The van der Waals surface area contributed by atoms with Crippen molar-refractivity contribution < 1.29 is 4.79 Å². The van der Waals surface area contributed by atoms with Gasteiger partial charge in [0.25, 0.3) is 5.91 Å². The molecule has 0 radical (unpaired) electrons. The fraction of sp³-hybridized carbons (Fsp3) is 0.500. The number of carbonyl (C=O) groups excluding carboxylic acids is 1. The summed E-state index contributed by atoms with van der Waals surface area (Å²) >= 11 is 0. The maximum atomic E-state index is 13.9. The number of anilines is 2. The summed E-state index contributed by atoms with van der Waals surface area (Å²) in [4.78, 5) is 23.1. The largest absolute Gasteiger partial charge is 0.385 e. The first-order valence-corrected chi connectivity index (χ1v) is 13.2. The van der Waals surface area contributed by atoms with Crippen molar-refractivity contribution in [3.8, 4) is 6.07 Å². The van der Waals surface area contributed by atoms with Crippen molar-refractivity contribution in [3.05, 3.63) is 52.8 Å². The van der Waals surface area contributed by atoms with E-state index in [1.165, 1.54) is 0 Å². The average Bonchev–Trinajstić information content (AvgIpc) is 3.49. The highest BCUT2D eigenvalue weighted by molar-refractivity contribution is 5.97. The molecule has 186 valence electrons. The van der Waals surface area contributed by atoms with Crippen molar-refractivity contribution in [2.24, 2.45) is 11.8 Å². The van der Waals surface area contributed by atoms with Gasteiger partial charge >= 0.3 is 0 Å². The van der Waals surface area contributed by atoms with Crippen LogP contribution < -0.4 is 10.2 Å². The second-order valence-electron chi connectivity index (χ2n) is 10.6. The Balaban J connectivity index is 1.32. The van der Waals surface area contributed by atoms with Crippen molar-refractivity contribution in [2.75, 3.05) is 36.4 Å². The standard InChI is InChI=1S/C28H33N7O/c1-18-15-33(17-20(18)14-29)27-19(2)16-35-26(31-27)13-24(32-35)25-10-3-4-12-34(25)28(36)22-7-5-9-23-21(22)8-6-11-30-23/h5,7,9,13,16,18,20,25,30H,3-4,6,8,10-12,15,17H2,1-2H3/t18-,20+,25-/m0/s1. The molecule has 1 aromatic carbocycles. The topological polar surface area (TPSA) is 89.6 Å². The van der Waals surface area contributed by atoms with Crippen molar-refractivity contribution >= 4 is 23.1 Å². The van der Waals surface area contributed by atoms with E-state index < -0.39 is 0 Å². The molecule has 0 aliphatic carbocycles. The van der Waals surface area contributed by atoms with Crippen LogP contribution in [0.5, 0.6) is 0 Å². The molecule has 2 saturated heterocycles. The quantitative estimate of drug-likeness (QED) is 0.595. The van der Waals surface area contributed by atoms with Crippen LogP contribution in [0.2, 0.25) is 0 Å². The number of carbonyl (C=O) groups is 1. The van der Waals surface area contributed by atoms with Crippen LogP contribution >= 0.6 is 0 Å². The summed E-state index contributed by atoms with van der Waals surface area (Å²) in [6.45, 7) is 7.44. The van der Waals surface area contributed by atoms with E-state index in [0.29, 0.717) is 12.5 Å². The Kier molecular flexibility index (Phi) is 5.79. The molecule has 2 aromatic heterocycles. The van der Waals surface area contributed by atoms with Crippen LogP contribution in [0.15, 0.2) is 30.5 Å². The molecular formula is C28H33N7O. The number of hydrogen-bond acceptors (Lipinski definition) is 6. The molecule has 1 amide bonds. The van der Waals surface area contributed by atoms with Crippen LogP contribution in [0.4, 0.5) is 11.5 Å². The number of nitrogens with one attached hydrogen (secondary N) is 1. The third kappa shape index (κ3) is 3.87. The molecule has 3 aromatic rings. The summed E-state index contributed by atoms with van der Waals surface area (Å²) in [6, 6.07) is 10.5. The number of aryl methyl sites for hydroxylation is 1. The number of aromatic nitrogens is 3. The van der Waals surface area contributed by atoms with Gasteiger partial charge in [0, 0.05) is 55.3 Å². The predicted octanol–water partition coefficient (Wildman–Crippen LogP) is 4.36. The van der Waals surface area contributed by atoms with E-state index in [1.54, 1.807) is 0 Å². The van der Waals surface area contributed by atoms with E-state index in [4.69, 9.17) is 10.1 Å². The maximum absolute atomic E-state index is 13.9. The van der Waals surface area contributed by atoms with Crippen molar-refractivity contribution in [1.29, 1.82) is 5.26 Å². The van der Waals surface area contributed by atoms with Crippen molar-refractivity contribution in [2.45, 2.75) is 52.0 Å². The van der Waals surface area contributed by atoms with Crippen LogP contribution in [0.25, 0.3) is 5.65 Å². The molecule has 36 heavy (non-hydrogen) atoms. The number of fused-ring (bicyclic) bond motifs is 2. The minimum atomic E-state index is -0.0566. The zero-order valence-corrected chi connectivity index (χ0v) is 21.1. The number of piperidine rings is 1. The summed E-state index contributed by atoms with van der Waals surface area (Å²) in [5, 5.41) is 17.8. The molecular weight excluding hydrogens is 450 g/mol. The summed E-state index contributed by atoms with van der Waals surface area (Å²) < 4.78 is 1.85. The lowest BCUT2D eigenvalue weighted by atomic mass is 9.94. The van der Waals surface area contributed by atoms with Gasteiger partial charge in [0.1, 0.15) is 5.82 Å². The number of nitrogens with zero attached hydrogens (tertiary/aromatic N) is 6. The van der Waals surface area contributed by atoms with Crippen LogP contribution in [0, 0.1) is 30.1 Å². The monoisotopic (exact) mass is 483 g/mol. The number of rotatable bonds is 3. The first kappa shape index (κ1) is 22.8. The van der Waals surface area contributed by atoms with Gasteiger partial charge in [-0.1, -0.05) is 13.0 Å². The minimum Gasteiger partial charge on any atom is -0.385 e. The van der Waals surface area contributed by atoms with Gasteiger partial charge in [-0.05, 0) is 62.6 Å². The molecule has 8 nitrogen and oxygen atoms in total. The second-order valence-corrected chi connectivity index (χ2v) is 10.6. The Morgan fingerprint density at radius 3 is 2.94 bits per heavy atom. The summed E-state index contributed by atoms with van der Waals surface area (Å²) in [5.74, 6) is 1.39. The van der Waals surface area contributed by atoms with Gasteiger partial charge in [0.2, 0.25) is 0 Å². The Morgan fingerprint density at radius 2 is 2.11 bits per heavy atom. The smallest absolute Gasteiger partial charge is 0.254 e. The normalized spacial score (nSPS) is 23.9. The molecule has 6 rings (SSSR count). The molecule has 0 saturated carbocycles. The predicted molar refractivity (Wildman–Crippen MR) is 139 cm³/mol. The third-order valence-electron chi connectivity index (χ3n) is 8.13. The minimum absolute atomic E-state index is 0.0311. The van der Waals surface area contributed by atoms with E-state index >= 15 is 0 Å². The fourth-order valence-corrected chi connectivity index (χ4v) is 6.16. The van der Waals surface area contributed by atoms with Gasteiger partial charge in [-0.25, -0.2) is 9.50 Å². The van der Waals surface area contributed by atoms with E-state index in [-0.39, 0.29) is 17.9 Å². The first-order chi connectivity index (χ1) is 17.5. The lowest BCUT2D eigenvalue weighted by Crippen LogP contribution is -2.39. The molecule has 3 atom stereocenters. The number of hydrogen-bond donors (Lipinski definition) is 1. The van der Waals surface area contributed by atoms with Crippen molar-refractivity contribution in [1.82, 2.24) is 19.5 Å². The Morgan fingerprint density at radius 1 is 1.22 bits per heavy atom. The van der Waals surface area contributed by atoms with E-state index in [9.17, 15) is 10.1 Å². The second kappa shape index (κ2) is 9.12. The highest BCUT2D eigenvalue weighted by atomic mass is 16.2. The number of nitriles is 1. The Labute approximate surface area is 211 Å². The number of amides is 1. The lowest BCUT2D eigenvalue weighted by molar-refractivity contribution is 0.0604. The van der Waals surface area contributed by atoms with E-state index in [2.05, 4.69) is 36.2 Å². The third-order valence-corrected chi connectivity index (χ3v) is 8.13. The maximum Gasteiger partial charge on any atom is 0.254 e. The van der Waals surface area contributed by atoms with Gasteiger partial charge < -0.3 is 15.1 Å². The van der Waals surface area contributed by atoms with Crippen LogP contribution in [-0.4, -0.2) is 51.6 Å². The molecule has 3 aliphatic heterocycles. The zero-order chi connectivity index (χ0) is 24.8. The average molecular weight is 484 g/mol. The summed E-state index contributed by atoms with van der Waals surface area (Å²) in [5.41, 5.74) is 5.79. The molecule has 2 fully saturated rings. The SMILES string of the molecule is Cc1cn2nc([C@@H]3CCCCN3C(=O)c3cccc4c3CCCN4)cc2nc1N1C[C@@H](C#N)[C@@H](C)C1. The zero-order valence-electron chi connectivity index (χ0n) is 21.1. The summed E-state index contributed by atoms with van der Waals surface area (Å²) in [6.07, 6.45) is 7.01. The highest BCUT2D eigenvalue weighted by Gasteiger charge is 2.34. The molecule has 1 N–H and O–H groups in total. The Hall–Kier alpha value is -3.60. The first-order valence-electron chi connectivity index (χ1n) is 13.2. The van der Waals surface area contributed by atoms with Gasteiger partial charge in [0.15, 0.2) is 5.65 Å². The molecule has 5 heterocycles. The molecule has 0 unspecified atom stereocenters. The van der Waals surface area contributed by atoms with Gasteiger partial charge in [-0.2, -0.15) is 10.4 Å². The van der Waals surface area contributed by atoms with Gasteiger partial charge in [-0.15, -0.1) is 0 Å². The van der Waals surface area contributed by atoms with Crippen LogP contribution in [-0.2, 0) is 6.42 Å². The molecule has 8 heteroatoms. The summed E-state index contributed by atoms with van der Waals surface area (Å²) in [7, 11) is 0. The number of benzene rings is 1. The molecule has 3 aliphatic rings. The molecule has 0 bridgehead atoms. The van der Waals surface area contributed by atoms with Crippen molar-refractivity contribution in [3.63, 3.8) is 0 Å². The van der Waals surface area contributed by atoms with Gasteiger partial charge in [0.05, 0.1) is 23.7 Å². The van der Waals surface area contributed by atoms with E-state index in [0.717, 1.165) is 91.3 Å². The Bertz CT molecular complexity index is 1360. The lowest BCUT2D eigenvalue weighted by Gasteiger charge is -2.35. The molecule has 0 spiro atoms. The highest BCUT2D eigenvalue weighted by Crippen LogP contribution is 2.35. The fourth-order valence-electron chi connectivity index (χ4n) is 6.16. The van der Waals surface area contributed by atoms with Crippen LogP contribution in [0.1, 0.15) is 65.8 Å². The van der Waals surface area contributed by atoms with Crippen LogP contribution in [0.3, 0.4) is 0 Å². The van der Waals surface area contributed by atoms with E-state index in [1.807, 2.05) is 33.8 Å². The van der Waals surface area contributed by atoms with Gasteiger partial charge in [-0.3, -0.25) is 4.79 Å².